The van der Waals surface area contributed by atoms with Crippen molar-refractivity contribution in [2.45, 2.75) is 32.7 Å². The summed E-state index contributed by atoms with van der Waals surface area (Å²) in [6.07, 6.45) is 1.51. The standard InChI is InChI=1S/C20H23N3O2/c1-14-7-5-9-16(13-14)21-20(25)23-12-6-11-18(23)19(24)22-17-10-4-3-8-15(17)2/h3-5,7-10,13,18H,6,11-12H2,1-2H3,(H,21,25)(H,22,24)/t18-/m0/s1. The van der Waals surface area contributed by atoms with Crippen molar-refractivity contribution in [3.8, 4) is 0 Å². The summed E-state index contributed by atoms with van der Waals surface area (Å²) in [6.45, 7) is 4.51. The van der Waals surface area contributed by atoms with Crippen LogP contribution >= 0.6 is 0 Å². The molecule has 3 rings (SSSR count). The van der Waals surface area contributed by atoms with Crippen molar-refractivity contribution in [3.05, 3.63) is 59.7 Å². The third kappa shape index (κ3) is 3.99. The molecule has 0 aromatic heterocycles. The topological polar surface area (TPSA) is 61.4 Å². The molecule has 1 atom stereocenters. The molecule has 1 aliphatic heterocycles. The maximum absolute atomic E-state index is 12.7. The van der Waals surface area contributed by atoms with Crippen LogP contribution in [0.15, 0.2) is 48.5 Å². The van der Waals surface area contributed by atoms with Crippen molar-refractivity contribution in [1.82, 2.24) is 4.90 Å². The maximum atomic E-state index is 12.7. The first-order valence-electron chi connectivity index (χ1n) is 8.55. The Balaban J connectivity index is 1.68. The van der Waals surface area contributed by atoms with Gasteiger partial charge in [0.25, 0.3) is 0 Å². The van der Waals surface area contributed by atoms with Crippen LogP contribution < -0.4 is 10.6 Å². The second-order valence-corrected chi connectivity index (χ2v) is 6.46. The Morgan fingerprint density at radius 2 is 1.84 bits per heavy atom. The molecule has 0 saturated carbocycles. The van der Waals surface area contributed by atoms with Gasteiger partial charge in [0.2, 0.25) is 5.91 Å². The van der Waals surface area contributed by atoms with Gasteiger partial charge in [0.15, 0.2) is 0 Å². The number of rotatable bonds is 3. The molecule has 1 heterocycles. The van der Waals surface area contributed by atoms with Crippen molar-refractivity contribution in [2.24, 2.45) is 0 Å². The Bertz CT molecular complexity index is 788. The Kier molecular flexibility index (Phi) is 5.03. The van der Waals surface area contributed by atoms with Crippen molar-refractivity contribution in [2.75, 3.05) is 17.2 Å². The Labute approximate surface area is 148 Å². The van der Waals surface area contributed by atoms with Gasteiger partial charge < -0.3 is 15.5 Å². The molecule has 25 heavy (non-hydrogen) atoms. The van der Waals surface area contributed by atoms with E-state index in [0.717, 1.165) is 28.9 Å². The average Bonchev–Trinajstić information content (AvgIpc) is 3.07. The van der Waals surface area contributed by atoms with Crippen LogP contribution in [0.5, 0.6) is 0 Å². The molecule has 0 spiro atoms. The highest BCUT2D eigenvalue weighted by atomic mass is 16.2. The second kappa shape index (κ2) is 7.38. The minimum absolute atomic E-state index is 0.133. The van der Waals surface area contributed by atoms with Crippen LogP contribution in [0, 0.1) is 13.8 Å². The van der Waals surface area contributed by atoms with Crippen LogP contribution in [0.2, 0.25) is 0 Å². The highest BCUT2D eigenvalue weighted by Gasteiger charge is 2.34. The van der Waals surface area contributed by atoms with E-state index in [1.165, 1.54) is 0 Å². The van der Waals surface area contributed by atoms with Gasteiger partial charge in [-0.1, -0.05) is 30.3 Å². The molecule has 5 nitrogen and oxygen atoms in total. The molecule has 1 aliphatic rings. The number of para-hydroxylation sites is 1. The molecular formula is C20H23N3O2. The number of carbonyl (C=O) groups is 2. The zero-order valence-corrected chi connectivity index (χ0v) is 14.6. The van der Waals surface area contributed by atoms with Crippen LogP contribution in [0.3, 0.4) is 0 Å². The van der Waals surface area contributed by atoms with Gasteiger partial charge in [-0.2, -0.15) is 0 Å². The third-order valence-electron chi connectivity index (χ3n) is 4.49. The van der Waals surface area contributed by atoms with Crippen LogP contribution in [-0.2, 0) is 4.79 Å². The number of amides is 3. The first-order valence-corrected chi connectivity index (χ1v) is 8.55. The van der Waals surface area contributed by atoms with E-state index in [1.54, 1.807) is 4.90 Å². The number of hydrogen-bond donors (Lipinski definition) is 2. The Morgan fingerprint density at radius 1 is 1.04 bits per heavy atom. The lowest BCUT2D eigenvalue weighted by Gasteiger charge is -2.24. The molecule has 2 aromatic carbocycles. The summed E-state index contributed by atoms with van der Waals surface area (Å²) in [5.41, 5.74) is 3.62. The van der Waals surface area contributed by atoms with Gasteiger partial charge in [-0.25, -0.2) is 4.79 Å². The van der Waals surface area contributed by atoms with E-state index in [2.05, 4.69) is 10.6 Å². The number of likely N-dealkylation sites (tertiary alicyclic amines) is 1. The first-order chi connectivity index (χ1) is 12.0. The second-order valence-electron chi connectivity index (χ2n) is 6.46. The number of nitrogens with one attached hydrogen (secondary N) is 2. The Hall–Kier alpha value is -2.82. The van der Waals surface area contributed by atoms with E-state index >= 15 is 0 Å². The van der Waals surface area contributed by atoms with Gasteiger partial charge in [0, 0.05) is 17.9 Å². The van der Waals surface area contributed by atoms with Gasteiger partial charge in [-0.15, -0.1) is 0 Å². The van der Waals surface area contributed by atoms with E-state index in [9.17, 15) is 9.59 Å². The summed E-state index contributed by atoms with van der Waals surface area (Å²) in [7, 11) is 0. The minimum Gasteiger partial charge on any atom is -0.324 e. The maximum Gasteiger partial charge on any atom is 0.322 e. The molecule has 1 saturated heterocycles. The predicted octanol–water partition coefficient (Wildman–Crippen LogP) is 3.94. The van der Waals surface area contributed by atoms with Crippen molar-refractivity contribution in [3.63, 3.8) is 0 Å². The van der Waals surface area contributed by atoms with E-state index in [-0.39, 0.29) is 11.9 Å². The number of hydrogen-bond acceptors (Lipinski definition) is 2. The number of nitrogens with zero attached hydrogens (tertiary/aromatic N) is 1. The highest BCUT2D eigenvalue weighted by Crippen LogP contribution is 2.22. The van der Waals surface area contributed by atoms with Crippen LogP contribution in [0.4, 0.5) is 16.2 Å². The lowest BCUT2D eigenvalue weighted by molar-refractivity contribution is -0.119. The lowest BCUT2D eigenvalue weighted by atomic mass is 10.1. The minimum atomic E-state index is -0.440. The van der Waals surface area contributed by atoms with E-state index in [1.807, 2.05) is 62.4 Å². The van der Waals surface area contributed by atoms with E-state index in [4.69, 9.17) is 0 Å². The molecule has 5 heteroatoms. The molecule has 0 unspecified atom stereocenters. The lowest BCUT2D eigenvalue weighted by Crippen LogP contribution is -2.45. The summed E-state index contributed by atoms with van der Waals surface area (Å²) in [4.78, 5) is 26.9. The number of benzene rings is 2. The van der Waals surface area contributed by atoms with Crippen molar-refractivity contribution in [1.29, 1.82) is 0 Å². The molecule has 0 bridgehead atoms. The van der Waals surface area contributed by atoms with Gasteiger partial charge >= 0.3 is 6.03 Å². The first kappa shape index (κ1) is 17.0. The van der Waals surface area contributed by atoms with E-state index in [0.29, 0.717) is 13.0 Å². The molecule has 1 fully saturated rings. The van der Waals surface area contributed by atoms with Crippen LogP contribution in [0.1, 0.15) is 24.0 Å². The summed E-state index contributed by atoms with van der Waals surface area (Å²) in [5.74, 6) is -0.133. The monoisotopic (exact) mass is 337 g/mol. The Morgan fingerprint density at radius 3 is 2.60 bits per heavy atom. The van der Waals surface area contributed by atoms with E-state index < -0.39 is 6.04 Å². The van der Waals surface area contributed by atoms with Gasteiger partial charge in [0.1, 0.15) is 6.04 Å². The number of aryl methyl sites for hydroxylation is 2. The number of urea groups is 1. The average molecular weight is 337 g/mol. The summed E-state index contributed by atoms with van der Waals surface area (Å²) in [5, 5.41) is 5.84. The van der Waals surface area contributed by atoms with Crippen LogP contribution in [-0.4, -0.2) is 29.4 Å². The fourth-order valence-corrected chi connectivity index (χ4v) is 3.13. The van der Waals surface area contributed by atoms with Gasteiger partial charge in [-0.3, -0.25) is 4.79 Å². The van der Waals surface area contributed by atoms with Crippen molar-refractivity contribution < 1.29 is 9.59 Å². The highest BCUT2D eigenvalue weighted by molar-refractivity contribution is 6.00. The molecule has 0 radical (unpaired) electrons. The summed E-state index contributed by atoms with van der Waals surface area (Å²) < 4.78 is 0. The molecule has 130 valence electrons. The van der Waals surface area contributed by atoms with Gasteiger partial charge in [0.05, 0.1) is 0 Å². The SMILES string of the molecule is Cc1cccc(NC(=O)N2CCC[C@H]2C(=O)Nc2ccccc2C)c1. The van der Waals surface area contributed by atoms with Crippen molar-refractivity contribution >= 4 is 23.3 Å². The molecule has 2 N–H and O–H groups in total. The quantitative estimate of drug-likeness (QED) is 0.891. The van der Waals surface area contributed by atoms with Gasteiger partial charge in [-0.05, 0) is 56.0 Å². The largest absolute Gasteiger partial charge is 0.324 e. The zero-order valence-electron chi connectivity index (χ0n) is 14.6. The smallest absolute Gasteiger partial charge is 0.322 e. The normalized spacial score (nSPS) is 16.6. The third-order valence-corrected chi connectivity index (χ3v) is 4.49. The molecule has 0 aliphatic carbocycles. The number of anilines is 2. The number of carbonyl (C=O) groups excluding carboxylic acids is 2. The molecular weight excluding hydrogens is 314 g/mol. The molecule has 3 amide bonds. The zero-order chi connectivity index (χ0) is 17.8. The predicted molar refractivity (Wildman–Crippen MR) is 99.7 cm³/mol. The van der Waals surface area contributed by atoms with Crippen LogP contribution in [0.25, 0.3) is 0 Å². The summed E-state index contributed by atoms with van der Waals surface area (Å²) in [6, 6.07) is 14.6. The fourth-order valence-electron chi connectivity index (χ4n) is 3.13. The molecule has 2 aromatic rings. The fraction of sp³-hybridized carbons (Fsp3) is 0.300. The summed E-state index contributed by atoms with van der Waals surface area (Å²) >= 11 is 0.